The van der Waals surface area contributed by atoms with Crippen molar-refractivity contribution < 1.29 is 14.3 Å². The SMILES string of the molecule is CC(C)(C)CCNC(=O)Cc1cn2c(C(=O)NCC3(c4ccc(Cl)cc4)CCOCC3)cccc2n1. The van der Waals surface area contributed by atoms with Crippen LogP contribution in [0, 0.1) is 5.41 Å². The van der Waals surface area contributed by atoms with Crippen molar-refractivity contribution in [3.63, 3.8) is 0 Å². The summed E-state index contributed by atoms with van der Waals surface area (Å²) >= 11 is 6.11. The summed E-state index contributed by atoms with van der Waals surface area (Å²) < 4.78 is 7.37. The van der Waals surface area contributed by atoms with Gasteiger partial charge in [-0.15, -0.1) is 0 Å². The predicted octanol–water partition coefficient (Wildman–Crippen LogP) is 4.56. The van der Waals surface area contributed by atoms with Crippen LogP contribution in [0.2, 0.25) is 5.02 Å². The molecule has 0 atom stereocenters. The highest BCUT2D eigenvalue weighted by Crippen LogP contribution is 2.35. The standard InChI is InChI=1S/C28H35ClN4O3/c1-27(2,3)11-14-30-25(34)17-22-18-33-23(5-4-6-24(33)32-22)26(35)31-19-28(12-15-36-16-13-28)20-7-9-21(29)10-8-20/h4-10,18H,11-17,19H2,1-3H3,(H,30,34)(H,31,35). The number of benzene rings is 1. The van der Waals surface area contributed by atoms with Crippen LogP contribution in [0.1, 0.15) is 61.8 Å². The molecule has 4 rings (SSSR count). The molecule has 8 heteroatoms. The van der Waals surface area contributed by atoms with Crippen molar-refractivity contribution >= 4 is 29.1 Å². The largest absolute Gasteiger partial charge is 0.381 e. The van der Waals surface area contributed by atoms with Crippen LogP contribution in [0.15, 0.2) is 48.7 Å². The van der Waals surface area contributed by atoms with Crippen molar-refractivity contribution in [3.8, 4) is 0 Å². The van der Waals surface area contributed by atoms with Crippen LogP contribution in [0.25, 0.3) is 5.65 Å². The van der Waals surface area contributed by atoms with E-state index in [-0.39, 0.29) is 29.1 Å². The van der Waals surface area contributed by atoms with E-state index in [0.29, 0.717) is 48.4 Å². The molecule has 2 amide bonds. The Morgan fingerprint density at radius 3 is 2.50 bits per heavy atom. The van der Waals surface area contributed by atoms with Crippen molar-refractivity contribution in [2.75, 3.05) is 26.3 Å². The fourth-order valence-corrected chi connectivity index (χ4v) is 4.73. The number of ether oxygens (including phenoxy) is 1. The molecule has 2 N–H and O–H groups in total. The van der Waals surface area contributed by atoms with Gasteiger partial charge in [-0.2, -0.15) is 0 Å². The zero-order valence-electron chi connectivity index (χ0n) is 21.3. The average Bonchev–Trinajstić information content (AvgIpc) is 3.25. The van der Waals surface area contributed by atoms with Crippen LogP contribution in [0.3, 0.4) is 0 Å². The highest BCUT2D eigenvalue weighted by Gasteiger charge is 2.35. The van der Waals surface area contributed by atoms with Crippen LogP contribution in [0.5, 0.6) is 0 Å². The molecular formula is C28H35ClN4O3. The fraction of sp³-hybridized carbons (Fsp3) is 0.464. The molecule has 1 fully saturated rings. The van der Waals surface area contributed by atoms with Crippen LogP contribution in [-0.2, 0) is 21.4 Å². The number of rotatable bonds is 8. The minimum Gasteiger partial charge on any atom is -0.381 e. The third-order valence-electron chi connectivity index (χ3n) is 6.81. The Hall–Kier alpha value is -2.90. The van der Waals surface area contributed by atoms with E-state index in [9.17, 15) is 9.59 Å². The van der Waals surface area contributed by atoms with E-state index in [1.165, 1.54) is 0 Å². The minimum atomic E-state index is -0.211. The fourth-order valence-electron chi connectivity index (χ4n) is 4.61. The maximum atomic E-state index is 13.3. The second kappa shape index (κ2) is 11.0. The quantitative estimate of drug-likeness (QED) is 0.465. The monoisotopic (exact) mass is 510 g/mol. The van der Waals surface area contributed by atoms with Crippen LogP contribution in [0.4, 0.5) is 0 Å². The Morgan fingerprint density at radius 2 is 1.81 bits per heavy atom. The normalized spacial score (nSPS) is 15.6. The summed E-state index contributed by atoms with van der Waals surface area (Å²) in [5.41, 5.74) is 2.85. The Morgan fingerprint density at radius 1 is 1.08 bits per heavy atom. The van der Waals surface area contributed by atoms with Gasteiger partial charge in [-0.1, -0.05) is 50.6 Å². The number of carbonyl (C=O) groups excluding carboxylic acids is 2. The zero-order chi connectivity index (χ0) is 25.8. The molecule has 1 aliphatic heterocycles. The van der Waals surface area contributed by atoms with Gasteiger partial charge in [0.15, 0.2) is 0 Å². The van der Waals surface area contributed by atoms with Gasteiger partial charge < -0.3 is 15.4 Å². The van der Waals surface area contributed by atoms with Gasteiger partial charge in [-0.05, 0) is 54.5 Å². The molecule has 1 saturated heterocycles. The van der Waals surface area contributed by atoms with Gasteiger partial charge in [0.25, 0.3) is 5.91 Å². The molecule has 36 heavy (non-hydrogen) atoms. The number of fused-ring (bicyclic) bond motifs is 1. The van der Waals surface area contributed by atoms with Crippen LogP contribution in [-0.4, -0.2) is 47.5 Å². The smallest absolute Gasteiger partial charge is 0.268 e. The number of imidazole rings is 1. The molecule has 3 heterocycles. The Balaban J connectivity index is 1.46. The lowest BCUT2D eigenvalue weighted by molar-refractivity contribution is -0.120. The van der Waals surface area contributed by atoms with Crippen molar-refractivity contribution in [1.82, 2.24) is 20.0 Å². The summed E-state index contributed by atoms with van der Waals surface area (Å²) in [7, 11) is 0. The third kappa shape index (κ3) is 6.45. The van der Waals surface area contributed by atoms with Gasteiger partial charge in [0.1, 0.15) is 11.3 Å². The second-order valence-corrected chi connectivity index (χ2v) is 11.2. The summed E-state index contributed by atoms with van der Waals surface area (Å²) in [5, 5.41) is 6.80. The molecule has 0 aliphatic carbocycles. The topological polar surface area (TPSA) is 84.7 Å². The van der Waals surface area contributed by atoms with Gasteiger partial charge >= 0.3 is 0 Å². The van der Waals surface area contributed by atoms with Gasteiger partial charge in [0, 0.05) is 42.9 Å². The molecule has 7 nitrogen and oxygen atoms in total. The minimum absolute atomic E-state index is 0.0712. The molecule has 1 aliphatic rings. The van der Waals surface area contributed by atoms with Crippen molar-refractivity contribution in [1.29, 1.82) is 0 Å². The first-order chi connectivity index (χ1) is 17.2. The number of amides is 2. The average molecular weight is 511 g/mol. The summed E-state index contributed by atoms with van der Waals surface area (Å²) in [6.45, 7) is 8.86. The number of pyridine rings is 1. The van der Waals surface area contributed by atoms with Crippen molar-refractivity contribution in [2.45, 2.75) is 51.9 Å². The number of aromatic nitrogens is 2. The molecule has 192 valence electrons. The van der Waals surface area contributed by atoms with E-state index < -0.39 is 0 Å². The lowest BCUT2D eigenvalue weighted by Gasteiger charge is -2.38. The van der Waals surface area contributed by atoms with E-state index in [0.717, 1.165) is 24.8 Å². The van der Waals surface area contributed by atoms with E-state index in [1.54, 1.807) is 16.7 Å². The van der Waals surface area contributed by atoms with Gasteiger partial charge in [-0.25, -0.2) is 4.98 Å². The van der Waals surface area contributed by atoms with Gasteiger partial charge in [-0.3, -0.25) is 14.0 Å². The van der Waals surface area contributed by atoms with Gasteiger partial charge in [0.2, 0.25) is 5.91 Å². The summed E-state index contributed by atoms with van der Waals surface area (Å²) in [6, 6.07) is 13.3. The predicted molar refractivity (Wildman–Crippen MR) is 141 cm³/mol. The van der Waals surface area contributed by atoms with Crippen LogP contribution >= 0.6 is 11.6 Å². The molecule has 0 saturated carbocycles. The summed E-state index contributed by atoms with van der Waals surface area (Å²) in [6.07, 6.45) is 4.48. The van der Waals surface area contributed by atoms with Crippen LogP contribution < -0.4 is 10.6 Å². The molecule has 0 spiro atoms. The van der Waals surface area contributed by atoms with Gasteiger partial charge in [0.05, 0.1) is 12.1 Å². The highest BCUT2D eigenvalue weighted by atomic mass is 35.5. The summed E-state index contributed by atoms with van der Waals surface area (Å²) in [4.78, 5) is 30.3. The van der Waals surface area contributed by atoms with E-state index in [4.69, 9.17) is 16.3 Å². The maximum absolute atomic E-state index is 13.3. The number of halogens is 1. The first-order valence-electron chi connectivity index (χ1n) is 12.5. The molecule has 0 radical (unpaired) electrons. The van der Waals surface area contributed by atoms with E-state index in [1.807, 2.05) is 36.4 Å². The Bertz CT molecular complexity index is 1210. The number of hydrogen-bond donors (Lipinski definition) is 2. The van der Waals surface area contributed by atoms with E-state index >= 15 is 0 Å². The lowest BCUT2D eigenvalue weighted by Crippen LogP contribution is -2.44. The van der Waals surface area contributed by atoms with E-state index in [2.05, 4.69) is 36.4 Å². The molecular weight excluding hydrogens is 476 g/mol. The summed E-state index contributed by atoms with van der Waals surface area (Å²) in [5.74, 6) is -0.253. The number of nitrogens with one attached hydrogen (secondary N) is 2. The highest BCUT2D eigenvalue weighted by molar-refractivity contribution is 6.30. The Kier molecular flexibility index (Phi) is 8.00. The molecule has 2 aromatic heterocycles. The molecule has 0 unspecified atom stereocenters. The third-order valence-corrected chi connectivity index (χ3v) is 7.06. The first-order valence-corrected chi connectivity index (χ1v) is 12.9. The number of carbonyl (C=O) groups is 2. The molecule has 3 aromatic rings. The molecule has 1 aromatic carbocycles. The molecule has 0 bridgehead atoms. The number of nitrogens with zero attached hydrogens (tertiary/aromatic N) is 2. The first kappa shape index (κ1) is 26.2. The second-order valence-electron chi connectivity index (χ2n) is 10.8. The zero-order valence-corrected chi connectivity index (χ0v) is 22.0. The Labute approximate surface area is 217 Å². The maximum Gasteiger partial charge on any atom is 0.268 e. The van der Waals surface area contributed by atoms with Crippen molar-refractivity contribution in [3.05, 3.63) is 70.6 Å². The number of hydrogen-bond acceptors (Lipinski definition) is 4. The van der Waals surface area contributed by atoms with Crippen molar-refractivity contribution in [2.24, 2.45) is 5.41 Å². The lowest BCUT2D eigenvalue weighted by atomic mass is 9.74.